The lowest BCUT2D eigenvalue weighted by molar-refractivity contribution is -0.137. The monoisotopic (exact) mass is 415 g/mol. The number of carbonyl (C=O) groups excluding carboxylic acids is 2. The first-order valence-corrected chi connectivity index (χ1v) is 7.99. The highest BCUT2D eigenvalue weighted by atomic mass is 19.4. The number of alkyl halides is 3. The molecule has 2 amide bonds. The number of hydrogen-bond donors (Lipinski definition) is 2. The lowest BCUT2D eigenvalue weighted by Crippen LogP contribution is -2.26. The first-order chi connectivity index (χ1) is 13.6. The Morgan fingerprint density at radius 2 is 1.72 bits per heavy atom. The highest BCUT2D eigenvalue weighted by Gasteiger charge is 2.30. The molecule has 6 nitrogen and oxygen atoms in total. The van der Waals surface area contributed by atoms with Crippen molar-refractivity contribution < 1.29 is 36.4 Å². The minimum absolute atomic E-state index is 0.104. The van der Waals surface area contributed by atoms with E-state index in [0.29, 0.717) is 12.3 Å². The third kappa shape index (κ3) is 6.55. The zero-order chi connectivity index (χ0) is 21.6. The molecule has 0 spiro atoms. The van der Waals surface area contributed by atoms with Gasteiger partial charge in [0.05, 0.1) is 11.3 Å². The summed E-state index contributed by atoms with van der Waals surface area (Å²) in [5.41, 5.74) is -1.05. The fourth-order valence-corrected chi connectivity index (χ4v) is 1.96. The van der Waals surface area contributed by atoms with Gasteiger partial charge in [0.25, 0.3) is 11.8 Å². The van der Waals surface area contributed by atoms with E-state index in [2.05, 4.69) is 15.8 Å². The van der Waals surface area contributed by atoms with Crippen LogP contribution in [0.2, 0.25) is 0 Å². The summed E-state index contributed by atoms with van der Waals surface area (Å²) >= 11 is 0. The summed E-state index contributed by atoms with van der Waals surface area (Å²) < 4.78 is 63.7. The average Bonchev–Trinajstić information content (AvgIpc) is 2.63. The molecule has 0 aromatic heterocycles. The van der Waals surface area contributed by atoms with Crippen LogP contribution in [-0.2, 0) is 20.6 Å². The molecule has 1 unspecified atom stereocenters. The summed E-state index contributed by atoms with van der Waals surface area (Å²) in [4.78, 5) is 28.3. The zero-order valence-electron chi connectivity index (χ0n) is 14.8. The van der Waals surface area contributed by atoms with Crippen LogP contribution in [0.5, 0.6) is 0 Å². The number of anilines is 2. The highest BCUT2D eigenvalue weighted by molar-refractivity contribution is 6.31. The van der Waals surface area contributed by atoms with Crippen molar-refractivity contribution in [1.82, 2.24) is 0 Å². The van der Waals surface area contributed by atoms with Crippen LogP contribution >= 0.6 is 0 Å². The second-order valence-electron chi connectivity index (χ2n) is 5.66. The van der Waals surface area contributed by atoms with Crippen molar-refractivity contribution in [2.24, 2.45) is 5.16 Å². The van der Waals surface area contributed by atoms with E-state index < -0.39 is 41.3 Å². The molecule has 0 heterocycles. The predicted octanol–water partition coefficient (Wildman–Crippen LogP) is 3.95. The van der Waals surface area contributed by atoms with Crippen LogP contribution in [0.15, 0.2) is 47.6 Å². The molecule has 0 aliphatic carbocycles. The fourth-order valence-electron chi connectivity index (χ4n) is 1.96. The van der Waals surface area contributed by atoms with Crippen molar-refractivity contribution in [1.29, 1.82) is 0 Å². The van der Waals surface area contributed by atoms with E-state index >= 15 is 0 Å². The summed E-state index contributed by atoms with van der Waals surface area (Å²) in [5.74, 6) is -3.43. The van der Waals surface area contributed by atoms with Crippen LogP contribution in [0.3, 0.4) is 0 Å². The molecule has 2 aromatic rings. The van der Waals surface area contributed by atoms with Crippen molar-refractivity contribution in [3.8, 4) is 0 Å². The highest BCUT2D eigenvalue weighted by Crippen LogP contribution is 2.29. The predicted molar refractivity (Wildman–Crippen MR) is 94.1 cm³/mol. The van der Waals surface area contributed by atoms with E-state index in [1.807, 2.05) is 0 Å². The number of nitrogens with one attached hydrogen (secondary N) is 2. The number of halogens is 5. The molecule has 0 aliphatic rings. The molecule has 154 valence electrons. The molecule has 11 heteroatoms. The Kier molecular flexibility index (Phi) is 6.86. The van der Waals surface area contributed by atoms with Crippen molar-refractivity contribution >= 4 is 29.4 Å². The van der Waals surface area contributed by atoms with Crippen LogP contribution in [0.25, 0.3) is 0 Å². The van der Waals surface area contributed by atoms with E-state index in [9.17, 15) is 31.5 Å². The number of amides is 2. The average molecular weight is 415 g/mol. The normalized spacial score (nSPS) is 12.5. The summed E-state index contributed by atoms with van der Waals surface area (Å²) in [6.07, 6.45) is -5.06. The number of rotatable bonds is 6. The van der Waals surface area contributed by atoms with Gasteiger partial charge < -0.3 is 15.5 Å². The second-order valence-corrected chi connectivity index (χ2v) is 5.66. The summed E-state index contributed by atoms with van der Waals surface area (Å²) in [6, 6.07) is 6.29. The van der Waals surface area contributed by atoms with E-state index in [-0.39, 0.29) is 11.4 Å². The third-order valence-electron chi connectivity index (χ3n) is 3.43. The van der Waals surface area contributed by atoms with Crippen LogP contribution in [0.1, 0.15) is 12.5 Å². The number of nitrogens with zero attached hydrogens (tertiary/aromatic N) is 1. The van der Waals surface area contributed by atoms with Crippen molar-refractivity contribution in [2.75, 3.05) is 10.6 Å². The molecular weight excluding hydrogens is 401 g/mol. The van der Waals surface area contributed by atoms with E-state index in [1.165, 1.54) is 6.92 Å². The van der Waals surface area contributed by atoms with Crippen LogP contribution in [0, 0.1) is 11.6 Å². The molecule has 1 atom stereocenters. The Labute approximate surface area is 161 Å². The zero-order valence-corrected chi connectivity index (χ0v) is 14.8. The summed E-state index contributed by atoms with van der Waals surface area (Å²) in [6.45, 7) is 1.29. The summed E-state index contributed by atoms with van der Waals surface area (Å²) in [5, 5.41) is 7.70. The van der Waals surface area contributed by atoms with Gasteiger partial charge in [-0.25, -0.2) is 8.78 Å². The van der Waals surface area contributed by atoms with E-state index in [1.54, 1.807) is 0 Å². The minimum atomic E-state index is -4.49. The molecule has 2 N–H and O–H groups in total. The Morgan fingerprint density at radius 1 is 1.07 bits per heavy atom. The van der Waals surface area contributed by atoms with Crippen LogP contribution < -0.4 is 10.6 Å². The van der Waals surface area contributed by atoms with Gasteiger partial charge in [-0.15, -0.1) is 0 Å². The fraction of sp³-hybridized carbons (Fsp3) is 0.167. The Morgan fingerprint density at radius 3 is 2.31 bits per heavy atom. The molecule has 29 heavy (non-hydrogen) atoms. The molecule has 0 bridgehead atoms. The molecule has 2 aromatic carbocycles. The topological polar surface area (TPSA) is 79.8 Å². The molecule has 0 fully saturated rings. The largest absolute Gasteiger partial charge is 0.416 e. The smallest absolute Gasteiger partial charge is 0.383 e. The standard InChI is InChI=1S/C18H14F5N3O3/c1-10(17(28)25-13-5-2-11(3-6-13)18(21,22)23)29-24-9-16(27)26-15-7-4-12(19)8-14(15)20/h2-10H,1H3,(H,25,28)(H,26,27)/b24-9+. The molecule has 0 aliphatic heterocycles. The van der Waals surface area contributed by atoms with Crippen molar-refractivity contribution in [3.05, 3.63) is 59.7 Å². The van der Waals surface area contributed by atoms with Gasteiger partial charge in [-0.3, -0.25) is 9.59 Å². The van der Waals surface area contributed by atoms with Crippen molar-refractivity contribution in [3.63, 3.8) is 0 Å². The molecule has 0 radical (unpaired) electrons. The lowest BCUT2D eigenvalue weighted by Gasteiger charge is -2.11. The van der Waals surface area contributed by atoms with Gasteiger partial charge >= 0.3 is 6.18 Å². The lowest BCUT2D eigenvalue weighted by atomic mass is 10.2. The molecule has 0 saturated heterocycles. The maximum atomic E-state index is 13.4. The molecule has 2 rings (SSSR count). The van der Waals surface area contributed by atoms with Gasteiger partial charge in [-0.1, -0.05) is 5.16 Å². The van der Waals surface area contributed by atoms with Gasteiger partial charge in [0, 0.05) is 11.8 Å². The maximum absolute atomic E-state index is 13.4. The first kappa shape index (κ1) is 21.8. The van der Waals surface area contributed by atoms with Crippen LogP contribution in [0.4, 0.5) is 33.3 Å². The van der Waals surface area contributed by atoms with Gasteiger partial charge in [0.1, 0.15) is 17.8 Å². The first-order valence-electron chi connectivity index (χ1n) is 7.99. The molecular formula is C18H14F5N3O3. The third-order valence-corrected chi connectivity index (χ3v) is 3.43. The Hall–Kier alpha value is -3.50. The minimum Gasteiger partial charge on any atom is -0.383 e. The van der Waals surface area contributed by atoms with Crippen molar-refractivity contribution in [2.45, 2.75) is 19.2 Å². The SMILES string of the molecule is CC(O/N=C/C(=O)Nc1ccc(F)cc1F)C(=O)Nc1ccc(C(F)(F)F)cc1. The maximum Gasteiger partial charge on any atom is 0.416 e. The Balaban J connectivity index is 1.85. The van der Waals surface area contributed by atoms with Gasteiger partial charge in [-0.2, -0.15) is 13.2 Å². The van der Waals surface area contributed by atoms with E-state index in [0.717, 1.165) is 36.4 Å². The van der Waals surface area contributed by atoms with Crippen LogP contribution in [-0.4, -0.2) is 24.1 Å². The number of hydrogen-bond acceptors (Lipinski definition) is 4. The second kappa shape index (κ2) is 9.13. The van der Waals surface area contributed by atoms with Gasteiger partial charge in [0.2, 0.25) is 6.10 Å². The number of oxime groups is 1. The van der Waals surface area contributed by atoms with Gasteiger partial charge in [0.15, 0.2) is 0 Å². The number of benzene rings is 2. The van der Waals surface area contributed by atoms with E-state index in [4.69, 9.17) is 4.84 Å². The van der Waals surface area contributed by atoms with Gasteiger partial charge in [-0.05, 0) is 43.3 Å². The quantitative estimate of drug-likeness (QED) is 0.426. The Bertz CT molecular complexity index is 914. The number of carbonyl (C=O) groups is 2. The summed E-state index contributed by atoms with van der Waals surface area (Å²) in [7, 11) is 0. The molecule has 0 saturated carbocycles.